The molecule has 0 bridgehead atoms. The molecule has 0 aliphatic carbocycles. The minimum atomic E-state index is -3.71. The molecule has 0 saturated carbocycles. The summed E-state index contributed by atoms with van der Waals surface area (Å²) >= 11 is 0. The van der Waals surface area contributed by atoms with E-state index in [-0.39, 0.29) is 10.9 Å². The summed E-state index contributed by atoms with van der Waals surface area (Å²) in [6, 6.07) is 8.95. The largest absolute Gasteiger partial charge is 0.378 e. The Morgan fingerprint density at radius 1 is 1.30 bits per heavy atom. The Balaban J connectivity index is 2.27. The summed E-state index contributed by atoms with van der Waals surface area (Å²) in [7, 11) is -3.71. The monoisotopic (exact) mass is 291 g/mol. The van der Waals surface area contributed by atoms with Gasteiger partial charge in [-0.3, -0.25) is 4.98 Å². The van der Waals surface area contributed by atoms with E-state index in [0.717, 1.165) is 5.56 Å². The number of hydrogen-bond donors (Lipinski definition) is 2. The number of aromatic nitrogens is 1. The normalized spacial score (nSPS) is 12.9. The predicted octanol–water partition coefficient (Wildman–Crippen LogP) is 2.21. The lowest BCUT2D eigenvalue weighted by molar-refractivity contribution is 0.597. The van der Waals surface area contributed by atoms with E-state index in [2.05, 4.69) is 10.3 Å². The Kier molecular flexibility index (Phi) is 4.06. The summed E-state index contributed by atoms with van der Waals surface area (Å²) in [5, 5.41) is 8.44. The van der Waals surface area contributed by atoms with Gasteiger partial charge in [-0.15, -0.1) is 0 Å². The van der Waals surface area contributed by atoms with Crippen LogP contribution in [0.3, 0.4) is 0 Å². The molecule has 0 fully saturated rings. The molecule has 1 heterocycles. The summed E-state index contributed by atoms with van der Waals surface area (Å²) in [4.78, 5) is 4.20. The molecule has 106 valence electrons. The van der Waals surface area contributed by atoms with Crippen LogP contribution in [-0.2, 0) is 10.0 Å². The standard InChI is InChI=1S/C14H17N3O2S/c1-10-5-6-13(8-14(10)20(15,18)19)17-11(2)12-4-3-7-16-9-12/h3-9,11,17H,1-2H3,(H2,15,18,19). The Bertz CT molecular complexity index is 700. The van der Waals surface area contributed by atoms with Gasteiger partial charge in [0, 0.05) is 18.1 Å². The molecule has 2 rings (SSSR count). The fraction of sp³-hybridized carbons (Fsp3) is 0.214. The van der Waals surface area contributed by atoms with Crippen molar-refractivity contribution in [2.45, 2.75) is 24.8 Å². The van der Waals surface area contributed by atoms with Crippen molar-refractivity contribution in [3.8, 4) is 0 Å². The molecule has 0 radical (unpaired) electrons. The van der Waals surface area contributed by atoms with Gasteiger partial charge in [-0.25, -0.2) is 13.6 Å². The minimum absolute atomic E-state index is 0.0136. The molecule has 1 atom stereocenters. The van der Waals surface area contributed by atoms with Gasteiger partial charge in [-0.2, -0.15) is 0 Å². The highest BCUT2D eigenvalue weighted by Crippen LogP contribution is 2.23. The summed E-state index contributed by atoms with van der Waals surface area (Å²) < 4.78 is 23.0. The topological polar surface area (TPSA) is 85.1 Å². The molecule has 6 heteroatoms. The number of nitrogens with one attached hydrogen (secondary N) is 1. The van der Waals surface area contributed by atoms with E-state index in [1.165, 1.54) is 0 Å². The van der Waals surface area contributed by atoms with Gasteiger partial charge in [0.15, 0.2) is 0 Å². The van der Waals surface area contributed by atoms with Crippen LogP contribution in [0.15, 0.2) is 47.6 Å². The van der Waals surface area contributed by atoms with E-state index >= 15 is 0 Å². The molecule has 0 aliphatic heterocycles. The zero-order valence-corrected chi connectivity index (χ0v) is 12.2. The molecule has 2 aromatic rings. The average Bonchev–Trinajstić information content (AvgIpc) is 2.40. The first-order valence-corrected chi connectivity index (χ1v) is 7.72. The molecular formula is C14H17N3O2S. The maximum atomic E-state index is 11.5. The molecule has 0 amide bonds. The maximum Gasteiger partial charge on any atom is 0.238 e. The average molecular weight is 291 g/mol. The lowest BCUT2D eigenvalue weighted by Gasteiger charge is -2.16. The highest BCUT2D eigenvalue weighted by atomic mass is 32.2. The van der Waals surface area contributed by atoms with Crippen molar-refractivity contribution in [3.05, 3.63) is 53.9 Å². The second-order valence-electron chi connectivity index (χ2n) is 4.68. The Hall–Kier alpha value is -1.92. The highest BCUT2D eigenvalue weighted by Gasteiger charge is 2.13. The fourth-order valence-electron chi connectivity index (χ4n) is 1.96. The third-order valence-corrected chi connectivity index (χ3v) is 4.12. The second-order valence-corrected chi connectivity index (χ2v) is 6.21. The molecule has 0 spiro atoms. The Labute approximate surface area is 118 Å². The summed E-state index contributed by atoms with van der Waals surface area (Å²) in [6.07, 6.45) is 3.48. The van der Waals surface area contributed by atoms with Crippen LogP contribution in [0.25, 0.3) is 0 Å². The van der Waals surface area contributed by atoms with Crippen LogP contribution in [0.4, 0.5) is 5.69 Å². The Morgan fingerprint density at radius 2 is 2.05 bits per heavy atom. The van der Waals surface area contributed by atoms with Gasteiger partial charge in [0.25, 0.3) is 0 Å². The van der Waals surface area contributed by atoms with Gasteiger partial charge >= 0.3 is 0 Å². The molecule has 3 N–H and O–H groups in total. The third-order valence-electron chi connectivity index (χ3n) is 3.06. The van der Waals surface area contributed by atoms with Gasteiger partial charge in [0.05, 0.1) is 10.9 Å². The van der Waals surface area contributed by atoms with E-state index in [9.17, 15) is 8.42 Å². The number of nitrogens with zero attached hydrogens (tertiary/aromatic N) is 1. The van der Waals surface area contributed by atoms with Gasteiger partial charge in [-0.05, 0) is 43.2 Å². The van der Waals surface area contributed by atoms with E-state index in [4.69, 9.17) is 5.14 Å². The van der Waals surface area contributed by atoms with Crippen LogP contribution >= 0.6 is 0 Å². The van der Waals surface area contributed by atoms with Crippen molar-refractivity contribution in [1.82, 2.24) is 4.98 Å². The molecule has 1 unspecified atom stereocenters. The van der Waals surface area contributed by atoms with Gasteiger partial charge in [-0.1, -0.05) is 12.1 Å². The van der Waals surface area contributed by atoms with Crippen LogP contribution in [0.5, 0.6) is 0 Å². The van der Waals surface area contributed by atoms with E-state index in [0.29, 0.717) is 11.3 Å². The summed E-state index contributed by atoms with van der Waals surface area (Å²) in [6.45, 7) is 3.70. The van der Waals surface area contributed by atoms with Crippen LogP contribution in [0.2, 0.25) is 0 Å². The van der Waals surface area contributed by atoms with Crippen molar-refractivity contribution < 1.29 is 8.42 Å². The summed E-state index contributed by atoms with van der Waals surface area (Å²) in [5.74, 6) is 0. The van der Waals surface area contributed by atoms with Crippen molar-refractivity contribution in [2.24, 2.45) is 5.14 Å². The lowest BCUT2D eigenvalue weighted by atomic mass is 10.1. The molecule has 0 saturated heterocycles. The van der Waals surface area contributed by atoms with Gasteiger partial charge < -0.3 is 5.32 Å². The number of benzene rings is 1. The molecule has 0 aliphatic rings. The van der Waals surface area contributed by atoms with E-state index in [1.807, 2.05) is 25.1 Å². The number of nitrogens with two attached hydrogens (primary N) is 1. The maximum absolute atomic E-state index is 11.5. The van der Waals surface area contributed by atoms with E-state index < -0.39 is 10.0 Å². The van der Waals surface area contributed by atoms with Crippen LogP contribution in [0.1, 0.15) is 24.1 Å². The molecule has 1 aromatic heterocycles. The van der Waals surface area contributed by atoms with Crippen molar-refractivity contribution in [2.75, 3.05) is 5.32 Å². The quantitative estimate of drug-likeness (QED) is 0.904. The minimum Gasteiger partial charge on any atom is -0.378 e. The number of hydrogen-bond acceptors (Lipinski definition) is 4. The number of rotatable bonds is 4. The van der Waals surface area contributed by atoms with Gasteiger partial charge in [0.1, 0.15) is 0 Å². The zero-order valence-electron chi connectivity index (χ0n) is 11.4. The van der Waals surface area contributed by atoms with Crippen molar-refractivity contribution >= 4 is 15.7 Å². The first-order chi connectivity index (χ1) is 9.38. The van der Waals surface area contributed by atoms with Crippen LogP contribution < -0.4 is 10.5 Å². The van der Waals surface area contributed by atoms with E-state index in [1.54, 1.807) is 31.5 Å². The van der Waals surface area contributed by atoms with Crippen LogP contribution in [-0.4, -0.2) is 13.4 Å². The molecule has 20 heavy (non-hydrogen) atoms. The molecule has 1 aromatic carbocycles. The SMILES string of the molecule is Cc1ccc(NC(C)c2cccnc2)cc1S(N)(=O)=O. The first-order valence-electron chi connectivity index (χ1n) is 6.18. The number of anilines is 1. The number of primary sulfonamides is 1. The highest BCUT2D eigenvalue weighted by molar-refractivity contribution is 7.89. The fourth-order valence-corrected chi connectivity index (χ4v) is 2.77. The van der Waals surface area contributed by atoms with Crippen LogP contribution in [0, 0.1) is 6.92 Å². The number of aryl methyl sites for hydroxylation is 1. The van der Waals surface area contributed by atoms with Crippen molar-refractivity contribution in [3.63, 3.8) is 0 Å². The second kappa shape index (κ2) is 5.60. The third kappa shape index (κ3) is 3.34. The molecular weight excluding hydrogens is 274 g/mol. The number of sulfonamides is 1. The lowest BCUT2D eigenvalue weighted by Crippen LogP contribution is -2.14. The molecule has 5 nitrogen and oxygen atoms in total. The Morgan fingerprint density at radius 3 is 2.65 bits per heavy atom. The number of pyridine rings is 1. The van der Waals surface area contributed by atoms with Crippen molar-refractivity contribution in [1.29, 1.82) is 0 Å². The smallest absolute Gasteiger partial charge is 0.238 e. The summed E-state index contributed by atoms with van der Waals surface area (Å²) in [5.41, 5.74) is 2.35. The zero-order chi connectivity index (χ0) is 14.8. The predicted molar refractivity (Wildman–Crippen MR) is 78.8 cm³/mol. The van der Waals surface area contributed by atoms with Gasteiger partial charge in [0.2, 0.25) is 10.0 Å². The first kappa shape index (κ1) is 14.5.